The Morgan fingerprint density at radius 1 is 1.04 bits per heavy atom. The number of benzene rings is 2. The molecule has 3 aromatic rings. The standard InChI is InChI=1S/C23H23FN2O/c1-22(2)15-23(3,13-16-8-5-4-6-9-16)26-21(27-22)18-12-17-10-7-11-19(24)20(17)25-14-18/h4-12,14H,13,15H2,1-3H3. The third kappa shape index (κ3) is 3.70. The van der Waals surface area contributed by atoms with E-state index in [2.05, 4.69) is 50.0 Å². The molecule has 0 radical (unpaired) electrons. The zero-order chi connectivity index (χ0) is 19.1. The summed E-state index contributed by atoms with van der Waals surface area (Å²) in [6, 6.07) is 17.2. The maximum atomic E-state index is 13.9. The molecule has 1 aromatic heterocycles. The van der Waals surface area contributed by atoms with Crippen molar-refractivity contribution in [2.24, 2.45) is 4.99 Å². The van der Waals surface area contributed by atoms with E-state index in [1.165, 1.54) is 11.6 Å². The van der Waals surface area contributed by atoms with Crippen molar-refractivity contribution in [3.63, 3.8) is 0 Å². The van der Waals surface area contributed by atoms with Crippen LogP contribution in [0.3, 0.4) is 0 Å². The molecule has 0 saturated carbocycles. The van der Waals surface area contributed by atoms with Crippen molar-refractivity contribution in [1.29, 1.82) is 0 Å². The number of halogens is 1. The van der Waals surface area contributed by atoms with Gasteiger partial charge in [-0.2, -0.15) is 0 Å². The molecule has 0 amide bonds. The first-order valence-corrected chi connectivity index (χ1v) is 9.21. The zero-order valence-corrected chi connectivity index (χ0v) is 15.9. The van der Waals surface area contributed by atoms with Gasteiger partial charge in [0.05, 0.1) is 11.1 Å². The van der Waals surface area contributed by atoms with Crippen LogP contribution in [0.15, 0.2) is 65.8 Å². The topological polar surface area (TPSA) is 34.5 Å². The third-order valence-electron chi connectivity index (χ3n) is 4.89. The number of nitrogens with zero attached hydrogens (tertiary/aromatic N) is 2. The quantitative estimate of drug-likeness (QED) is 0.632. The summed E-state index contributed by atoms with van der Waals surface area (Å²) in [4.78, 5) is 9.26. The van der Waals surface area contributed by atoms with Gasteiger partial charge in [0.15, 0.2) is 0 Å². The number of ether oxygens (including phenoxy) is 1. The van der Waals surface area contributed by atoms with E-state index >= 15 is 0 Å². The normalized spacial score (nSPS) is 21.6. The van der Waals surface area contributed by atoms with Gasteiger partial charge in [-0.3, -0.25) is 4.98 Å². The molecular weight excluding hydrogens is 339 g/mol. The van der Waals surface area contributed by atoms with Crippen LogP contribution in [0, 0.1) is 5.82 Å². The van der Waals surface area contributed by atoms with Crippen molar-refractivity contribution in [1.82, 2.24) is 4.98 Å². The molecular formula is C23H23FN2O. The average Bonchev–Trinajstić information content (AvgIpc) is 2.60. The average molecular weight is 362 g/mol. The van der Waals surface area contributed by atoms with E-state index < -0.39 is 0 Å². The summed E-state index contributed by atoms with van der Waals surface area (Å²) < 4.78 is 20.1. The van der Waals surface area contributed by atoms with Crippen LogP contribution in [-0.2, 0) is 11.2 Å². The molecule has 1 aliphatic rings. The molecule has 1 aliphatic heterocycles. The van der Waals surface area contributed by atoms with Crippen LogP contribution in [0.4, 0.5) is 4.39 Å². The van der Waals surface area contributed by atoms with Gasteiger partial charge in [-0.25, -0.2) is 9.38 Å². The van der Waals surface area contributed by atoms with Gasteiger partial charge in [0.25, 0.3) is 0 Å². The van der Waals surface area contributed by atoms with E-state index in [1.807, 2.05) is 18.2 Å². The summed E-state index contributed by atoms with van der Waals surface area (Å²) in [6.45, 7) is 6.33. The summed E-state index contributed by atoms with van der Waals surface area (Å²) in [7, 11) is 0. The molecule has 2 heterocycles. The van der Waals surface area contributed by atoms with Crippen LogP contribution in [0.5, 0.6) is 0 Å². The highest BCUT2D eigenvalue weighted by atomic mass is 19.1. The summed E-state index contributed by atoms with van der Waals surface area (Å²) in [6.07, 6.45) is 3.29. The second-order valence-corrected chi connectivity index (χ2v) is 8.15. The molecule has 0 fully saturated rings. The van der Waals surface area contributed by atoms with Crippen LogP contribution in [0.1, 0.15) is 38.3 Å². The molecule has 27 heavy (non-hydrogen) atoms. The molecule has 0 aliphatic carbocycles. The molecule has 3 nitrogen and oxygen atoms in total. The number of hydrogen-bond acceptors (Lipinski definition) is 3. The molecule has 0 N–H and O–H groups in total. The SMILES string of the molecule is CC1(Cc2ccccc2)CC(C)(C)OC(c2cnc3c(F)cccc3c2)=N1. The van der Waals surface area contributed by atoms with E-state index in [1.54, 1.807) is 12.3 Å². The van der Waals surface area contributed by atoms with Crippen LogP contribution in [0.2, 0.25) is 0 Å². The predicted molar refractivity (Wildman–Crippen MR) is 107 cm³/mol. The van der Waals surface area contributed by atoms with Crippen molar-refractivity contribution in [2.75, 3.05) is 0 Å². The van der Waals surface area contributed by atoms with Crippen molar-refractivity contribution < 1.29 is 9.13 Å². The Kier molecular flexibility index (Phi) is 4.22. The predicted octanol–water partition coefficient (Wildman–Crippen LogP) is 5.32. The van der Waals surface area contributed by atoms with E-state index in [-0.39, 0.29) is 17.0 Å². The monoisotopic (exact) mass is 362 g/mol. The van der Waals surface area contributed by atoms with Gasteiger partial charge >= 0.3 is 0 Å². The number of para-hydroxylation sites is 1. The lowest BCUT2D eigenvalue weighted by atomic mass is 9.82. The van der Waals surface area contributed by atoms with Crippen LogP contribution in [0.25, 0.3) is 10.9 Å². The Hall–Kier alpha value is -2.75. The highest BCUT2D eigenvalue weighted by molar-refractivity contribution is 5.98. The summed E-state index contributed by atoms with van der Waals surface area (Å²) in [5, 5.41) is 0.743. The Labute approximate surface area is 158 Å². The summed E-state index contributed by atoms with van der Waals surface area (Å²) in [5.41, 5.74) is 1.76. The Morgan fingerprint density at radius 2 is 1.81 bits per heavy atom. The van der Waals surface area contributed by atoms with Crippen LogP contribution in [-0.4, -0.2) is 22.0 Å². The van der Waals surface area contributed by atoms with Gasteiger partial charge < -0.3 is 4.74 Å². The van der Waals surface area contributed by atoms with Crippen molar-refractivity contribution in [3.05, 3.63) is 77.7 Å². The molecule has 0 bridgehead atoms. The molecule has 0 saturated heterocycles. The minimum atomic E-state index is -0.350. The number of aliphatic imine (C=N–C) groups is 1. The fourth-order valence-electron chi connectivity index (χ4n) is 4.02. The van der Waals surface area contributed by atoms with Gasteiger partial charge in [-0.15, -0.1) is 0 Å². The van der Waals surface area contributed by atoms with Gasteiger partial charge in [0.1, 0.15) is 16.9 Å². The minimum absolute atomic E-state index is 0.282. The van der Waals surface area contributed by atoms with E-state index in [0.29, 0.717) is 11.4 Å². The van der Waals surface area contributed by atoms with Gasteiger partial charge in [0, 0.05) is 18.0 Å². The maximum Gasteiger partial charge on any atom is 0.218 e. The van der Waals surface area contributed by atoms with Crippen molar-refractivity contribution in [2.45, 2.75) is 44.8 Å². The molecule has 1 unspecified atom stereocenters. The lowest BCUT2D eigenvalue weighted by Gasteiger charge is -2.40. The largest absolute Gasteiger partial charge is 0.471 e. The van der Waals surface area contributed by atoms with E-state index in [9.17, 15) is 4.39 Å². The Balaban J connectivity index is 1.75. The van der Waals surface area contributed by atoms with Gasteiger partial charge in [-0.1, -0.05) is 42.5 Å². The maximum absolute atomic E-state index is 13.9. The molecule has 2 aromatic carbocycles. The number of rotatable bonds is 3. The Bertz CT molecular complexity index is 1010. The second kappa shape index (κ2) is 6.45. The molecule has 4 heteroatoms. The van der Waals surface area contributed by atoms with Gasteiger partial charge in [-0.05, 0) is 44.9 Å². The highest BCUT2D eigenvalue weighted by Crippen LogP contribution is 2.36. The number of fused-ring (bicyclic) bond motifs is 1. The fourth-order valence-corrected chi connectivity index (χ4v) is 4.02. The van der Waals surface area contributed by atoms with Crippen LogP contribution < -0.4 is 0 Å². The van der Waals surface area contributed by atoms with Gasteiger partial charge in [0.2, 0.25) is 5.90 Å². The first kappa shape index (κ1) is 17.7. The van der Waals surface area contributed by atoms with E-state index in [0.717, 1.165) is 23.8 Å². The lowest BCUT2D eigenvalue weighted by Crippen LogP contribution is -2.44. The zero-order valence-electron chi connectivity index (χ0n) is 15.9. The minimum Gasteiger partial charge on any atom is -0.471 e. The summed E-state index contributed by atoms with van der Waals surface area (Å²) in [5.74, 6) is 0.253. The molecule has 0 spiro atoms. The molecule has 4 rings (SSSR count). The van der Waals surface area contributed by atoms with Crippen molar-refractivity contribution >= 4 is 16.8 Å². The smallest absolute Gasteiger partial charge is 0.218 e. The van der Waals surface area contributed by atoms with Crippen molar-refractivity contribution in [3.8, 4) is 0 Å². The van der Waals surface area contributed by atoms with Crippen LogP contribution >= 0.6 is 0 Å². The first-order valence-electron chi connectivity index (χ1n) is 9.21. The highest BCUT2D eigenvalue weighted by Gasteiger charge is 2.39. The Morgan fingerprint density at radius 3 is 2.59 bits per heavy atom. The second-order valence-electron chi connectivity index (χ2n) is 8.15. The third-order valence-corrected chi connectivity index (χ3v) is 4.89. The fraction of sp³-hybridized carbons (Fsp3) is 0.304. The molecule has 138 valence electrons. The summed E-state index contributed by atoms with van der Waals surface area (Å²) >= 11 is 0. The van der Waals surface area contributed by atoms with E-state index in [4.69, 9.17) is 9.73 Å². The number of aromatic nitrogens is 1. The molecule has 1 atom stereocenters. The number of pyridine rings is 1. The number of hydrogen-bond donors (Lipinski definition) is 0. The first-order chi connectivity index (χ1) is 12.8. The lowest BCUT2D eigenvalue weighted by molar-refractivity contribution is 0.0431.